The Hall–Kier alpha value is -1.91. The van der Waals surface area contributed by atoms with E-state index in [-0.39, 0.29) is 5.69 Å². The summed E-state index contributed by atoms with van der Waals surface area (Å²) < 4.78 is 0. The molecule has 0 aliphatic heterocycles. The average Bonchev–Trinajstić information content (AvgIpc) is 2.39. The van der Waals surface area contributed by atoms with E-state index in [2.05, 4.69) is 0 Å². The number of non-ortho nitro benzene ring substituents is 1. The van der Waals surface area contributed by atoms with Gasteiger partial charge in [0, 0.05) is 22.7 Å². The van der Waals surface area contributed by atoms with E-state index in [9.17, 15) is 15.2 Å². The number of halogens is 1. The Bertz CT molecular complexity index is 572. The molecule has 2 rings (SSSR count). The van der Waals surface area contributed by atoms with Crippen molar-refractivity contribution < 1.29 is 10.0 Å². The molecule has 1 atom stereocenters. The first-order valence-electron chi connectivity index (χ1n) is 5.26. The molecule has 5 heteroatoms. The van der Waals surface area contributed by atoms with Crippen LogP contribution in [0, 0.1) is 10.1 Å². The summed E-state index contributed by atoms with van der Waals surface area (Å²) in [5.74, 6) is 0. The minimum atomic E-state index is -0.974. The number of benzene rings is 2. The Morgan fingerprint density at radius 1 is 1.17 bits per heavy atom. The Balaban J connectivity index is 2.44. The number of aliphatic hydroxyl groups is 1. The van der Waals surface area contributed by atoms with Gasteiger partial charge in [0.05, 0.1) is 4.92 Å². The first-order valence-corrected chi connectivity index (χ1v) is 5.64. The molecule has 0 radical (unpaired) electrons. The van der Waals surface area contributed by atoms with Crippen LogP contribution < -0.4 is 0 Å². The van der Waals surface area contributed by atoms with E-state index in [1.165, 1.54) is 18.2 Å². The molecule has 0 aliphatic rings. The fraction of sp³-hybridized carbons (Fsp3) is 0.0769. The van der Waals surface area contributed by atoms with Crippen molar-refractivity contribution in [1.29, 1.82) is 0 Å². The van der Waals surface area contributed by atoms with Crippen LogP contribution in [-0.2, 0) is 0 Å². The highest BCUT2D eigenvalue weighted by Gasteiger charge is 2.17. The van der Waals surface area contributed by atoms with E-state index < -0.39 is 11.0 Å². The quantitative estimate of drug-likeness (QED) is 0.682. The SMILES string of the molecule is O=[N+]([O-])c1ccc(Cl)c(C(O)c2ccccc2)c1. The lowest BCUT2D eigenvalue weighted by Gasteiger charge is -2.12. The zero-order chi connectivity index (χ0) is 13.1. The van der Waals surface area contributed by atoms with Crippen LogP contribution in [0.3, 0.4) is 0 Å². The Labute approximate surface area is 109 Å². The van der Waals surface area contributed by atoms with Crippen LogP contribution in [0.2, 0.25) is 5.02 Å². The highest BCUT2D eigenvalue weighted by atomic mass is 35.5. The van der Waals surface area contributed by atoms with Crippen LogP contribution >= 0.6 is 11.6 Å². The van der Waals surface area contributed by atoms with Gasteiger partial charge in [0.15, 0.2) is 0 Å². The molecule has 0 heterocycles. The van der Waals surface area contributed by atoms with E-state index in [1.54, 1.807) is 24.3 Å². The van der Waals surface area contributed by atoms with Crippen molar-refractivity contribution in [2.75, 3.05) is 0 Å². The second-order valence-corrected chi connectivity index (χ2v) is 4.18. The van der Waals surface area contributed by atoms with Gasteiger partial charge >= 0.3 is 0 Å². The summed E-state index contributed by atoms with van der Waals surface area (Å²) in [5, 5.41) is 21.2. The van der Waals surface area contributed by atoms with Crippen LogP contribution in [0.15, 0.2) is 48.5 Å². The number of hydrogen-bond donors (Lipinski definition) is 1. The summed E-state index contributed by atoms with van der Waals surface area (Å²) >= 11 is 5.96. The molecule has 92 valence electrons. The lowest BCUT2D eigenvalue weighted by molar-refractivity contribution is -0.385. The van der Waals surface area contributed by atoms with Crippen molar-refractivity contribution in [3.8, 4) is 0 Å². The molecule has 0 aromatic heterocycles. The average molecular weight is 264 g/mol. The number of rotatable bonds is 3. The fourth-order valence-electron chi connectivity index (χ4n) is 1.67. The predicted octanol–water partition coefficient (Wildman–Crippen LogP) is 3.33. The number of nitro groups is 1. The molecular formula is C13H10ClNO3. The molecule has 0 saturated heterocycles. The normalized spacial score (nSPS) is 12.1. The van der Waals surface area contributed by atoms with Gasteiger partial charge < -0.3 is 5.11 Å². The Morgan fingerprint density at radius 3 is 2.44 bits per heavy atom. The number of hydrogen-bond acceptors (Lipinski definition) is 3. The molecule has 2 aromatic carbocycles. The maximum atomic E-state index is 10.7. The van der Waals surface area contributed by atoms with Crippen molar-refractivity contribution in [1.82, 2.24) is 0 Å². The second kappa shape index (κ2) is 5.16. The smallest absolute Gasteiger partial charge is 0.269 e. The summed E-state index contributed by atoms with van der Waals surface area (Å²) in [5.41, 5.74) is 0.876. The van der Waals surface area contributed by atoms with Gasteiger partial charge in [-0.1, -0.05) is 41.9 Å². The van der Waals surface area contributed by atoms with Gasteiger partial charge in [0.1, 0.15) is 6.10 Å². The van der Waals surface area contributed by atoms with E-state index in [1.807, 2.05) is 6.07 Å². The molecule has 4 nitrogen and oxygen atoms in total. The fourth-order valence-corrected chi connectivity index (χ4v) is 1.89. The summed E-state index contributed by atoms with van der Waals surface area (Å²) in [4.78, 5) is 10.2. The largest absolute Gasteiger partial charge is 0.384 e. The minimum absolute atomic E-state index is 0.0932. The monoisotopic (exact) mass is 263 g/mol. The van der Waals surface area contributed by atoms with Gasteiger partial charge in [-0.25, -0.2) is 0 Å². The maximum absolute atomic E-state index is 10.7. The van der Waals surface area contributed by atoms with Gasteiger partial charge in [0.25, 0.3) is 5.69 Å². The van der Waals surface area contributed by atoms with Crippen LogP contribution in [0.4, 0.5) is 5.69 Å². The third-order valence-corrected chi connectivity index (χ3v) is 2.94. The van der Waals surface area contributed by atoms with Crippen molar-refractivity contribution in [3.05, 3.63) is 74.8 Å². The first-order chi connectivity index (χ1) is 8.59. The van der Waals surface area contributed by atoms with Crippen LogP contribution in [0.5, 0.6) is 0 Å². The van der Waals surface area contributed by atoms with Crippen molar-refractivity contribution in [3.63, 3.8) is 0 Å². The molecule has 0 saturated carbocycles. The van der Waals surface area contributed by atoms with E-state index in [4.69, 9.17) is 11.6 Å². The van der Waals surface area contributed by atoms with Crippen LogP contribution in [0.1, 0.15) is 17.2 Å². The maximum Gasteiger partial charge on any atom is 0.269 e. The minimum Gasteiger partial charge on any atom is -0.384 e. The topological polar surface area (TPSA) is 63.4 Å². The lowest BCUT2D eigenvalue weighted by Crippen LogP contribution is -2.01. The summed E-state index contributed by atoms with van der Waals surface area (Å²) in [6, 6.07) is 12.9. The number of nitrogens with zero attached hydrogens (tertiary/aromatic N) is 1. The first kappa shape index (κ1) is 12.5. The lowest BCUT2D eigenvalue weighted by atomic mass is 10.0. The predicted molar refractivity (Wildman–Crippen MR) is 68.6 cm³/mol. The summed E-state index contributed by atoms with van der Waals surface area (Å²) in [6.07, 6.45) is -0.974. The van der Waals surface area contributed by atoms with Crippen molar-refractivity contribution in [2.24, 2.45) is 0 Å². The third kappa shape index (κ3) is 2.50. The van der Waals surface area contributed by atoms with Gasteiger partial charge in [-0.2, -0.15) is 0 Å². The molecule has 2 aromatic rings. The van der Waals surface area contributed by atoms with Gasteiger partial charge in [0.2, 0.25) is 0 Å². The number of nitro benzene ring substituents is 1. The van der Waals surface area contributed by atoms with Gasteiger partial charge in [-0.05, 0) is 11.6 Å². The molecule has 0 bridgehead atoms. The van der Waals surface area contributed by atoms with Crippen molar-refractivity contribution >= 4 is 17.3 Å². The molecule has 18 heavy (non-hydrogen) atoms. The standard InChI is InChI=1S/C13H10ClNO3/c14-12-7-6-10(15(17)18)8-11(12)13(16)9-4-2-1-3-5-9/h1-8,13,16H. The highest BCUT2D eigenvalue weighted by molar-refractivity contribution is 6.31. The zero-order valence-corrected chi connectivity index (χ0v) is 10.0. The number of aliphatic hydroxyl groups excluding tert-OH is 1. The molecule has 1 N–H and O–H groups in total. The van der Waals surface area contributed by atoms with E-state index in [0.29, 0.717) is 16.1 Å². The Kier molecular flexibility index (Phi) is 3.60. The third-order valence-electron chi connectivity index (χ3n) is 2.60. The molecule has 0 fully saturated rings. The highest BCUT2D eigenvalue weighted by Crippen LogP contribution is 2.31. The second-order valence-electron chi connectivity index (χ2n) is 3.78. The van der Waals surface area contributed by atoms with Crippen LogP contribution in [0.25, 0.3) is 0 Å². The molecule has 0 amide bonds. The molecule has 0 aliphatic carbocycles. The van der Waals surface area contributed by atoms with E-state index in [0.717, 1.165) is 0 Å². The van der Waals surface area contributed by atoms with Gasteiger partial charge in [-0.15, -0.1) is 0 Å². The van der Waals surface area contributed by atoms with Gasteiger partial charge in [-0.3, -0.25) is 10.1 Å². The summed E-state index contributed by atoms with van der Waals surface area (Å²) in [6.45, 7) is 0. The zero-order valence-electron chi connectivity index (χ0n) is 9.29. The molecule has 0 spiro atoms. The van der Waals surface area contributed by atoms with E-state index >= 15 is 0 Å². The summed E-state index contributed by atoms with van der Waals surface area (Å²) in [7, 11) is 0. The van der Waals surface area contributed by atoms with Crippen LogP contribution in [-0.4, -0.2) is 10.0 Å². The Morgan fingerprint density at radius 2 is 1.83 bits per heavy atom. The van der Waals surface area contributed by atoms with Crippen molar-refractivity contribution in [2.45, 2.75) is 6.10 Å². The molecular weight excluding hydrogens is 254 g/mol. The molecule has 1 unspecified atom stereocenters.